The topological polar surface area (TPSA) is 133 Å². The summed E-state index contributed by atoms with van der Waals surface area (Å²) in [6.07, 6.45) is 2.37. The average molecular weight is 449 g/mol. The molecule has 32 heavy (non-hydrogen) atoms. The highest BCUT2D eigenvalue weighted by Crippen LogP contribution is 2.35. The lowest BCUT2D eigenvalue weighted by atomic mass is 10.0. The Bertz CT molecular complexity index is 1480. The number of aromatic nitrogens is 4. The van der Waals surface area contributed by atoms with Crippen molar-refractivity contribution in [3.05, 3.63) is 60.6 Å². The molecule has 1 atom stereocenters. The zero-order valence-corrected chi connectivity index (χ0v) is 18.0. The van der Waals surface area contributed by atoms with Crippen LogP contribution in [0.3, 0.4) is 0 Å². The van der Waals surface area contributed by atoms with Gasteiger partial charge < -0.3 is 9.84 Å². The fourth-order valence-electron chi connectivity index (χ4n) is 3.18. The Balaban J connectivity index is 1.88. The number of nitrogens with zero attached hydrogens (tertiary/aromatic N) is 4. The minimum absolute atomic E-state index is 0.0362. The van der Waals surface area contributed by atoms with Gasteiger partial charge in [-0.3, -0.25) is 0 Å². The normalized spacial score (nSPS) is 12.2. The number of methoxy groups -OCH3 is 1. The number of rotatable bonds is 4. The molecule has 4 rings (SSSR count). The van der Waals surface area contributed by atoms with Crippen LogP contribution in [0, 0.1) is 11.8 Å². The number of nitrogens with two attached hydrogens (primary N) is 1. The van der Waals surface area contributed by atoms with Gasteiger partial charge in [0.15, 0.2) is 5.65 Å². The van der Waals surface area contributed by atoms with Crippen LogP contribution in [-0.2, 0) is 10.0 Å². The molecule has 0 aliphatic heterocycles. The molecule has 4 aromatic rings. The summed E-state index contributed by atoms with van der Waals surface area (Å²) < 4.78 is 31.1. The van der Waals surface area contributed by atoms with E-state index in [1.807, 2.05) is 0 Å². The lowest BCUT2D eigenvalue weighted by Crippen LogP contribution is -2.13. The highest BCUT2D eigenvalue weighted by atomic mass is 32.2. The molecular weight excluding hydrogens is 430 g/mol. The Morgan fingerprint density at radius 1 is 1.12 bits per heavy atom. The Labute approximate surface area is 184 Å². The minimum atomic E-state index is -3.97. The highest BCUT2D eigenvalue weighted by molar-refractivity contribution is 7.89. The summed E-state index contributed by atoms with van der Waals surface area (Å²) in [5.74, 6) is 5.77. The summed E-state index contributed by atoms with van der Waals surface area (Å²) in [4.78, 5) is 8.57. The highest BCUT2D eigenvalue weighted by Gasteiger charge is 2.19. The quantitative estimate of drug-likeness (QED) is 0.454. The van der Waals surface area contributed by atoms with Crippen LogP contribution in [-0.4, -0.2) is 46.3 Å². The van der Waals surface area contributed by atoms with Crippen LogP contribution in [0.1, 0.15) is 12.6 Å². The van der Waals surface area contributed by atoms with E-state index in [1.165, 1.54) is 13.2 Å². The number of imidazole rings is 1. The second kappa shape index (κ2) is 8.39. The van der Waals surface area contributed by atoms with Crippen molar-refractivity contribution in [2.24, 2.45) is 5.14 Å². The van der Waals surface area contributed by atoms with Crippen LogP contribution < -0.4 is 9.88 Å². The summed E-state index contributed by atoms with van der Waals surface area (Å²) in [7, 11) is -2.52. The molecule has 3 aromatic heterocycles. The third-order valence-corrected chi connectivity index (χ3v) is 5.56. The largest absolute Gasteiger partial charge is 0.481 e. The molecule has 0 saturated heterocycles. The van der Waals surface area contributed by atoms with E-state index in [9.17, 15) is 13.5 Å². The standard InChI is InChI=1S/C22H19N5O4S/c1-14(28)7-8-16-13-24-21-10-9-19(26-27(16)21)15-11-18(22(31-2)25-12-15)17-5-3-4-6-20(17)32(23,29)30/h3-6,9-14,28H,1-2H3,(H2,23,29,30). The molecule has 9 nitrogen and oxygen atoms in total. The Kier molecular flexibility index (Phi) is 5.63. The molecule has 10 heteroatoms. The van der Waals surface area contributed by atoms with Crippen LogP contribution in [0.25, 0.3) is 28.0 Å². The summed E-state index contributed by atoms with van der Waals surface area (Å²) in [6.45, 7) is 1.57. The van der Waals surface area contributed by atoms with Gasteiger partial charge in [0.25, 0.3) is 0 Å². The average Bonchev–Trinajstić information content (AvgIpc) is 3.19. The predicted octanol–water partition coefficient (Wildman–Crippen LogP) is 1.85. The second-order valence-corrected chi connectivity index (χ2v) is 8.43. The fraction of sp³-hybridized carbons (Fsp3) is 0.136. The van der Waals surface area contributed by atoms with E-state index in [0.717, 1.165) is 0 Å². The van der Waals surface area contributed by atoms with Gasteiger partial charge in [-0.1, -0.05) is 24.1 Å². The third kappa shape index (κ3) is 4.17. The predicted molar refractivity (Wildman–Crippen MR) is 118 cm³/mol. The van der Waals surface area contributed by atoms with Gasteiger partial charge in [0, 0.05) is 22.9 Å². The van der Waals surface area contributed by atoms with Crippen LogP contribution in [0.4, 0.5) is 0 Å². The molecule has 0 bridgehead atoms. The zero-order valence-electron chi connectivity index (χ0n) is 17.2. The molecule has 0 amide bonds. The van der Waals surface area contributed by atoms with E-state index >= 15 is 0 Å². The molecule has 0 saturated carbocycles. The lowest BCUT2D eigenvalue weighted by molar-refractivity contribution is 0.253. The number of benzene rings is 1. The van der Waals surface area contributed by atoms with E-state index in [4.69, 9.17) is 9.88 Å². The van der Waals surface area contributed by atoms with Crippen molar-refractivity contribution in [2.75, 3.05) is 7.11 Å². The van der Waals surface area contributed by atoms with Gasteiger partial charge >= 0.3 is 0 Å². The van der Waals surface area contributed by atoms with Gasteiger partial charge in [-0.25, -0.2) is 28.0 Å². The summed E-state index contributed by atoms with van der Waals surface area (Å²) in [6, 6.07) is 11.7. The molecular formula is C22H19N5O4S. The van der Waals surface area contributed by atoms with Crippen molar-refractivity contribution < 1.29 is 18.3 Å². The summed E-state index contributed by atoms with van der Waals surface area (Å²) >= 11 is 0. The molecule has 1 unspecified atom stereocenters. The Morgan fingerprint density at radius 3 is 2.62 bits per heavy atom. The zero-order chi connectivity index (χ0) is 22.9. The van der Waals surface area contributed by atoms with E-state index in [0.29, 0.717) is 33.7 Å². The van der Waals surface area contributed by atoms with Crippen molar-refractivity contribution >= 4 is 15.7 Å². The van der Waals surface area contributed by atoms with Crippen LogP contribution >= 0.6 is 0 Å². The molecule has 3 heterocycles. The maximum absolute atomic E-state index is 12.1. The number of aliphatic hydroxyl groups excluding tert-OH is 1. The van der Waals surface area contributed by atoms with Crippen LogP contribution in [0.2, 0.25) is 0 Å². The molecule has 0 aliphatic rings. The van der Waals surface area contributed by atoms with E-state index < -0.39 is 16.1 Å². The maximum atomic E-state index is 12.1. The third-order valence-electron chi connectivity index (χ3n) is 4.60. The Hall–Kier alpha value is -3.78. The van der Waals surface area contributed by atoms with Gasteiger partial charge in [0.2, 0.25) is 15.9 Å². The number of hydrogen-bond acceptors (Lipinski definition) is 7. The SMILES string of the molecule is COc1ncc(-c2ccc3ncc(C#CC(C)O)n3n2)cc1-c1ccccc1S(N)(=O)=O. The molecule has 1 aromatic carbocycles. The first-order valence-corrected chi connectivity index (χ1v) is 11.0. The number of pyridine rings is 1. The van der Waals surface area contributed by atoms with Crippen molar-refractivity contribution in [1.82, 2.24) is 19.6 Å². The van der Waals surface area contributed by atoms with Crippen molar-refractivity contribution in [1.29, 1.82) is 0 Å². The van der Waals surface area contributed by atoms with Crippen molar-refractivity contribution in [3.8, 4) is 40.1 Å². The summed E-state index contributed by atoms with van der Waals surface area (Å²) in [5.41, 5.74) is 3.11. The number of fused-ring (bicyclic) bond motifs is 1. The van der Waals surface area contributed by atoms with Gasteiger partial charge in [-0.05, 0) is 37.1 Å². The van der Waals surface area contributed by atoms with E-state index in [2.05, 4.69) is 26.9 Å². The molecule has 0 spiro atoms. The number of hydrogen-bond donors (Lipinski definition) is 2. The van der Waals surface area contributed by atoms with Gasteiger partial charge in [0.1, 0.15) is 11.8 Å². The van der Waals surface area contributed by atoms with Crippen molar-refractivity contribution in [3.63, 3.8) is 0 Å². The molecule has 0 radical (unpaired) electrons. The smallest absolute Gasteiger partial charge is 0.238 e. The maximum Gasteiger partial charge on any atom is 0.238 e. The fourth-order valence-corrected chi connectivity index (χ4v) is 3.93. The second-order valence-electron chi connectivity index (χ2n) is 6.90. The Morgan fingerprint density at radius 2 is 1.91 bits per heavy atom. The minimum Gasteiger partial charge on any atom is -0.481 e. The molecule has 3 N–H and O–H groups in total. The number of ether oxygens (including phenoxy) is 1. The van der Waals surface area contributed by atoms with Gasteiger partial charge in [-0.2, -0.15) is 5.10 Å². The molecule has 162 valence electrons. The first kappa shape index (κ1) is 21.5. The number of sulfonamides is 1. The van der Waals surface area contributed by atoms with Crippen molar-refractivity contribution in [2.45, 2.75) is 17.9 Å². The number of primary sulfonamides is 1. The van der Waals surface area contributed by atoms with E-state index in [1.54, 1.807) is 60.2 Å². The van der Waals surface area contributed by atoms with Crippen LogP contribution in [0.5, 0.6) is 5.88 Å². The monoisotopic (exact) mass is 449 g/mol. The lowest BCUT2D eigenvalue weighted by Gasteiger charge is -2.13. The number of aliphatic hydroxyl groups is 1. The summed E-state index contributed by atoms with van der Waals surface area (Å²) in [5, 5.41) is 19.4. The van der Waals surface area contributed by atoms with Crippen LogP contribution in [0.15, 0.2) is 59.8 Å². The molecule has 0 fully saturated rings. The molecule has 0 aliphatic carbocycles. The van der Waals surface area contributed by atoms with Gasteiger partial charge in [0.05, 0.1) is 23.9 Å². The van der Waals surface area contributed by atoms with E-state index in [-0.39, 0.29) is 10.8 Å². The first-order valence-electron chi connectivity index (χ1n) is 9.49. The van der Waals surface area contributed by atoms with Gasteiger partial charge in [-0.15, -0.1) is 0 Å². The first-order chi connectivity index (χ1) is 15.3.